The lowest BCUT2D eigenvalue weighted by Gasteiger charge is -2.35. The van der Waals surface area contributed by atoms with Gasteiger partial charge in [-0.05, 0) is 31.9 Å². The molecule has 3 rings (SSSR count). The number of hydrogen-bond donors (Lipinski definition) is 2. The van der Waals surface area contributed by atoms with E-state index in [-0.39, 0.29) is 0 Å². The predicted octanol–water partition coefficient (Wildman–Crippen LogP) is 2.47. The van der Waals surface area contributed by atoms with Gasteiger partial charge in [-0.3, -0.25) is 4.98 Å². The van der Waals surface area contributed by atoms with Crippen LogP contribution in [0.15, 0.2) is 30.3 Å². The lowest BCUT2D eigenvalue weighted by molar-refractivity contribution is -0.0103. The average Bonchev–Trinajstić information content (AvgIpc) is 2.41. The summed E-state index contributed by atoms with van der Waals surface area (Å²) in [6.07, 6.45) is 2.63. The van der Waals surface area contributed by atoms with E-state index in [1.54, 1.807) is 0 Å². The summed E-state index contributed by atoms with van der Waals surface area (Å²) in [5, 5.41) is 4.54. The molecule has 0 radical (unpaired) electrons. The van der Waals surface area contributed by atoms with E-state index in [0.717, 1.165) is 48.3 Å². The summed E-state index contributed by atoms with van der Waals surface area (Å²) in [7, 11) is 0. The third-order valence-electron chi connectivity index (χ3n) is 3.87. The molecule has 1 heterocycles. The van der Waals surface area contributed by atoms with Crippen molar-refractivity contribution in [2.24, 2.45) is 0 Å². The Labute approximate surface area is 119 Å². The van der Waals surface area contributed by atoms with Crippen LogP contribution < -0.4 is 11.1 Å². The Balaban J connectivity index is 1.61. The van der Waals surface area contributed by atoms with Crippen molar-refractivity contribution in [2.45, 2.75) is 38.5 Å². The Hall–Kier alpha value is -1.65. The molecular weight excluding hydrogens is 250 g/mol. The number of aromatic nitrogens is 1. The fraction of sp³-hybridized carbons (Fsp3) is 0.438. The van der Waals surface area contributed by atoms with Crippen molar-refractivity contribution in [2.75, 3.05) is 12.3 Å². The zero-order valence-corrected chi connectivity index (χ0v) is 11.8. The summed E-state index contributed by atoms with van der Waals surface area (Å²) >= 11 is 0. The summed E-state index contributed by atoms with van der Waals surface area (Å²) in [5.41, 5.74) is 8.85. The van der Waals surface area contributed by atoms with Gasteiger partial charge >= 0.3 is 0 Å². The van der Waals surface area contributed by atoms with Gasteiger partial charge in [0.05, 0.1) is 17.3 Å². The molecule has 1 aliphatic rings. The molecule has 4 nitrogen and oxygen atoms in total. The standard InChI is InChI=1S/C16H21N3O/c1-2-20-13-7-11(8-13)18-10-12-9-15(17)14-5-3-4-6-16(14)19-12/h3-6,9,11,13,18H,2,7-8,10H2,1H3,(H2,17,19). The number of para-hydroxylation sites is 1. The van der Waals surface area contributed by atoms with Crippen molar-refractivity contribution < 1.29 is 4.74 Å². The molecule has 1 aliphatic carbocycles. The van der Waals surface area contributed by atoms with Crippen LogP contribution >= 0.6 is 0 Å². The van der Waals surface area contributed by atoms with Crippen molar-refractivity contribution in [3.05, 3.63) is 36.0 Å². The molecule has 0 amide bonds. The largest absolute Gasteiger partial charge is 0.398 e. The van der Waals surface area contributed by atoms with Gasteiger partial charge in [-0.2, -0.15) is 0 Å². The predicted molar refractivity (Wildman–Crippen MR) is 81.4 cm³/mol. The summed E-state index contributed by atoms with van der Waals surface area (Å²) in [6.45, 7) is 3.61. The maximum absolute atomic E-state index is 6.08. The van der Waals surface area contributed by atoms with E-state index in [1.165, 1.54) is 0 Å². The second-order valence-electron chi connectivity index (χ2n) is 5.35. The number of nitrogens with zero attached hydrogens (tertiary/aromatic N) is 1. The van der Waals surface area contributed by atoms with Gasteiger partial charge < -0.3 is 15.8 Å². The van der Waals surface area contributed by atoms with Crippen LogP contribution in [0.2, 0.25) is 0 Å². The molecular formula is C16H21N3O. The first-order valence-corrected chi connectivity index (χ1v) is 7.25. The number of nitrogens with one attached hydrogen (secondary N) is 1. The minimum atomic E-state index is 0.437. The minimum Gasteiger partial charge on any atom is -0.398 e. The van der Waals surface area contributed by atoms with Gasteiger partial charge in [0.2, 0.25) is 0 Å². The van der Waals surface area contributed by atoms with E-state index in [9.17, 15) is 0 Å². The molecule has 0 atom stereocenters. The lowest BCUT2D eigenvalue weighted by atomic mass is 9.89. The van der Waals surface area contributed by atoms with Crippen molar-refractivity contribution in [1.82, 2.24) is 10.3 Å². The number of fused-ring (bicyclic) bond motifs is 1. The highest BCUT2D eigenvalue weighted by Crippen LogP contribution is 2.24. The van der Waals surface area contributed by atoms with Crippen LogP contribution in [0.4, 0.5) is 5.69 Å². The van der Waals surface area contributed by atoms with E-state index in [4.69, 9.17) is 10.5 Å². The first-order valence-electron chi connectivity index (χ1n) is 7.25. The van der Waals surface area contributed by atoms with Gasteiger partial charge in [-0.15, -0.1) is 0 Å². The molecule has 1 aromatic heterocycles. The number of pyridine rings is 1. The normalized spacial score (nSPS) is 21.9. The number of nitrogens with two attached hydrogens (primary N) is 1. The molecule has 0 unspecified atom stereocenters. The van der Waals surface area contributed by atoms with Crippen LogP contribution in [-0.2, 0) is 11.3 Å². The monoisotopic (exact) mass is 271 g/mol. The highest BCUT2D eigenvalue weighted by atomic mass is 16.5. The Morgan fingerprint density at radius 3 is 2.95 bits per heavy atom. The van der Waals surface area contributed by atoms with E-state index in [1.807, 2.05) is 37.3 Å². The maximum atomic E-state index is 6.08. The van der Waals surface area contributed by atoms with E-state index < -0.39 is 0 Å². The van der Waals surface area contributed by atoms with Gasteiger partial charge in [-0.25, -0.2) is 0 Å². The lowest BCUT2D eigenvalue weighted by Crippen LogP contribution is -2.45. The molecule has 3 N–H and O–H groups in total. The van der Waals surface area contributed by atoms with Gasteiger partial charge in [0.25, 0.3) is 0 Å². The highest BCUT2D eigenvalue weighted by Gasteiger charge is 2.28. The molecule has 1 saturated carbocycles. The van der Waals surface area contributed by atoms with Gasteiger partial charge in [0, 0.05) is 30.3 Å². The molecule has 0 bridgehead atoms. The fourth-order valence-corrected chi connectivity index (χ4v) is 2.70. The second kappa shape index (κ2) is 5.77. The molecule has 20 heavy (non-hydrogen) atoms. The number of anilines is 1. The second-order valence-corrected chi connectivity index (χ2v) is 5.35. The molecule has 0 saturated heterocycles. The number of hydrogen-bond acceptors (Lipinski definition) is 4. The number of rotatable bonds is 5. The van der Waals surface area contributed by atoms with Crippen LogP contribution in [-0.4, -0.2) is 23.7 Å². The zero-order valence-electron chi connectivity index (χ0n) is 11.8. The van der Waals surface area contributed by atoms with Crippen molar-refractivity contribution in [1.29, 1.82) is 0 Å². The summed E-state index contributed by atoms with van der Waals surface area (Å²) in [4.78, 5) is 4.65. The van der Waals surface area contributed by atoms with Crippen LogP contribution in [0.25, 0.3) is 10.9 Å². The molecule has 0 aliphatic heterocycles. The average molecular weight is 271 g/mol. The van der Waals surface area contributed by atoms with Crippen molar-refractivity contribution >= 4 is 16.6 Å². The summed E-state index contributed by atoms with van der Waals surface area (Å²) in [5.74, 6) is 0. The Morgan fingerprint density at radius 1 is 1.35 bits per heavy atom. The van der Waals surface area contributed by atoms with Crippen molar-refractivity contribution in [3.63, 3.8) is 0 Å². The maximum Gasteiger partial charge on any atom is 0.0726 e. The van der Waals surface area contributed by atoms with Crippen molar-refractivity contribution in [3.8, 4) is 0 Å². The highest BCUT2D eigenvalue weighted by molar-refractivity contribution is 5.90. The van der Waals surface area contributed by atoms with Gasteiger partial charge in [-0.1, -0.05) is 18.2 Å². The van der Waals surface area contributed by atoms with Crippen LogP contribution in [0.1, 0.15) is 25.5 Å². The number of ether oxygens (including phenoxy) is 1. The number of nitrogen functional groups attached to an aromatic ring is 1. The molecule has 0 spiro atoms. The first kappa shape index (κ1) is 13.3. The molecule has 106 valence electrons. The van der Waals surface area contributed by atoms with Gasteiger partial charge in [0.15, 0.2) is 0 Å². The van der Waals surface area contributed by atoms with Crippen LogP contribution in [0, 0.1) is 0 Å². The molecule has 4 heteroatoms. The Bertz CT molecular complexity index is 593. The summed E-state index contributed by atoms with van der Waals surface area (Å²) in [6, 6.07) is 10.5. The zero-order chi connectivity index (χ0) is 13.9. The fourth-order valence-electron chi connectivity index (χ4n) is 2.70. The number of benzene rings is 1. The van der Waals surface area contributed by atoms with Crippen LogP contribution in [0.3, 0.4) is 0 Å². The third kappa shape index (κ3) is 2.76. The Morgan fingerprint density at radius 2 is 2.15 bits per heavy atom. The summed E-state index contributed by atoms with van der Waals surface area (Å²) < 4.78 is 5.56. The Kier molecular flexibility index (Phi) is 3.85. The molecule has 2 aromatic rings. The molecule has 1 fully saturated rings. The third-order valence-corrected chi connectivity index (χ3v) is 3.87. The SMILES string of the molecule is CCOC1CC(NCc2cc(N)c3ccccc3n2)C1. The molecule has 1 aromatic carbocycles. The topological polar surface area (TPSA) is 60.2 Å². The smallest absolute Gasteiger partial charge is 0.0726 e. The van der Waals surface area contributed by atoms with E-state index in [2.05, 4.69) is 10.3 Å². The van der Waals surface area contributed by atoms with Crippen LogP contribution in [0.5, 0.6) is 0 Å². The first-order chi connectivity index (χ1) is 9.76. The quantitative estimate of drug-likeness (QED) is 0.877. The van der Waals surface area contributed by atoms with E-state index in [0.29, 0.717) is 12.1 Å². The minimum absolute atomic E-state index is 0.437. The van der Waals surface area contributed by atoms with Gasteiger partial charge in [0.1, 0.15) is 0 Å². The van der Waals surface area contributed by atoms with E-state index >= 15 is 0 Å².